The van der Waals surface area contributed by atoms with Crippen molar-refractivity contribution >= 4 is 15.9 Å². The van der Waals surface area contributed by atoms with Gasteiger partial charge in [-0.25, -0.2) is 8.42 Å². The van der Waals surface area contributed by atoms with Crippen molar-refractivity contribution in [2.24, 2.45) is 0 Å². The zero-order valence-corrected chi connectivity index (χ0v) is 19.4. The molecule has 1 fully saturated rings. The number of para-hydroxylation sites is 1. The van der Waals surface area contributed by atoms with Gasteiger partial charge in [-0.1, -0.05) is 24.3 Å². The lowest BCUT2D eigenvalue weighted by Gasteiger charge is -2.31. The summed E-state index contributed by atoms with van der Waals surface area (Å²) in [6, 6.07) is 12.2. The van der Waals surface area contributed by atoms with E-state index in [1.165, 1.54) is 10.4 Å². The second kappa shape index (κ2) is 9.80. The van der Waals surface area contributed by atoms with E-state index in [1.807, 2.05) is 45.2 Å². The summed E-state index contributed by atoms with van der Waals surface area (Å²) in [7, 11) is -1.66. The summed E-state index contributed by atoms with van der Waals surface area (Å²) in [6.07, 6.45) is 0. The fourth-order valence-electron chi connectivity index (χ4n) is 3.46. The lowest BCUT2D eigenvalue weighted by molar-refractivity contribution is 0.0925. The zero-order chi connectivity index (χ0) is 22.6. The summed E-state index contributed by atoms with van der Waals surface area (Å²) in [4.78, 5) is 15.1. The van der Waals surface area contributed by atoms with Gasteiger partial charge in [0.25, 0.3) is 5.91 Å². The van der Waals surface area contributed by atoms with Gasteiger partial charge in [0, 0.05) is 31.7 Å². The molecule has 0 bridgehead atoms. The highest BCUT2D eigenvalue weighted by Gasteiger charge is 2.28. The minimum Gasteiger partial charge on any atom is -0.491 e. The monoisotopic (exact) mass is 445 g/mol. The topological polar surface area (TPSA) is 78.9 Å². The van der Waals surface area contributed by atoms with E-state index >= 15 is 0 Å². The van der Waals surface area contributed by atoms with Crippen LogP contribution in [0.1, 0.15) is 28.4 Å². The fourth-order valence-corrected chi connectivity index (χ4v) is 4.91. The second-order valence-electron chi connectivity index (χ2n) is 8.14. The number of carbonyl (C=O) groups is 1. The van der Waals surface area contributed by atoms with Crippen molar-refractivity contribution in [2.75, 3.05) is 39.8 Å². The van der Waals surface area contributed by atoms with Crippen LogP contribution in [-0.2, 0) is 10.0 Å². The maximum atomic E-state index is 13.0. The molecule has 1 saturated heterocycles. The molecule has 3 rings (SSSR count). The van der Waals surface area contributed by atoms with Crippen molar-refractivity contribution in [3.8, 4) is 5.75 Å². The summed E-state index contributed by atoms with van der Waals surface area (Å²) in [5.74, 6) is 0.467. The van der Waals surface area contributed by atoms with Crippen LogP contribution in [0.2, 0.25) is 0 Å². The number of hydrogen-bond donors (Lipinski definition) is 1. The number of aryl methyl sites for hydroxylation is 2. The molecule has 0 saturated carbocycles. The quantitative estimate of drug-likeness (QED) is 0.708. The molecule has 2 aromatic rings. The van der Waals surface area contributed by atoms with Crippen LogP contribution in [0.4, 0.5) is 0 Å². The predicted molar refractivity (Wildman–Crippen MR) is 121 cm³/mol. The first kappa shape index (κ1) is 23.2. The van der Waals surface area contributed by atoms with Crippen LogP contribution in [0.3, 0.4) is 0 Å². The number of sulfonamides is 1. The van der Waals surface area contributed by atoms with Gasteiger partial charge >= 0.3 is 0 Å². The van der Waals surface area contributed by atoms with Crippen LogP contribution in [0.15, 0.2) is 47.4 Å². The average Bonchev–Trinajstić information content (AvgIpc) is 2.73. The van der Waals surface area contributed by atoms with Crippen LogP contribution in [0.25, 0.3) is 0 Å². The van der Waals surface area contributed by atoms with Crippen molar-refractivity contribution in [1.29, 1.82) is 0 Å². The number of amides is 1. The molecule has 0 spiro atoms. The molecule has 0 aliphatic carbocycles. The molecule has 0 radical (unpaired) electrons. The number of rotatable bonds is 7. The highest BCUT2D eigenvalue weighted by atomic mass is 32.2. The molecule has 8 heteroatoms. The number of nitrogens with one attached hydrogen (secondary N) is 1. The molecule has 1 N–H and O–H groups in total. The first-order chi connectivity index (χ1) is 14.7. The van der Waals surface area contributed by atoms with Gasteiger partial charge in [-0.2, -0.15) is 4.31 Å². The summed E-state index contributed by atoms with van der Waals surface area (Å²) in [6.45, 7) is 8.21. The third-order valence-corrected chi connectivity index (χ3v) is 7.41. The van der Waals surface area contributed by atoms with Gasteiger partial charge < -0.3 is 15.0 Å². The molecular weight excluding hydrogens is 414 g/mol. The Morgan fingerprint density at radius 3 is 2.42 bits per heavy atom. The number of ether oxygens (including phenoxy) is 1. The number of hydrogen-bond acceptors (Lipinski definition) is 5. The number of likely N-dealkylation sites (N-methyl/N-ethyl adjacent to an activating group) is 1. The van der Waals surface area contributed by atoms with Crippen LogP contribution < -0.4 is 10.1 Å². The first-order valence-corrected chi connectivity index (χ1v) is 11.9. The maximum absolute atomic E-state index is 13.0. The number of piperazine rings is 1. The lowest BCUT2D eigenvalue weighted by Crippen LogP contribution is -2.47. The SMILES string of the molecule is Cc1ccccc1OC[C@H](C)NC(=O)c1cc(S(=O)(=O)N2CCN(C)CC2)ccc1C. The highest BCUT2D eigenvalue weighted by molar-refractivity contribution is 7.89. The van der Waals surface area contributed by atoms with Gasteiger partial charge in [0.15, 0.2) is 0 Å². The standard InChI is InChI=1S/C23H31N3O4S/c1-17-9-10-20(31(28,29)26-13-11-25(4)12-14-26)15-21(17)23(27)24-19(3)16-30-22-8-6-5-7-18(22)2/h5-10,15,19H,11-14,16H2,1-4H3,(H,24,27)/t19-/m0/s1. The van der Waals surface area contributed by atoms with Gasteiger partial charge in [0.1, 0.15) is 12.4 Å². The van der Waals surface area contributed by atoms with Gasteiger partial charge in [0.2, 0.25) is 10.0 Å². The molecule has 1 atom stereocenters. The summed E-state index contributed by atoms with van der Waals surface area (Å²) >= 11 is 0. The van der Waals surface area contributed by atoms with E-state index in [0.717, 1.165) is 16.9 Å². The van der Waals surface area contributed by atoms with Gasteiger partial charge in [-0.05, 0) is 57.1 Å². The molecule has 1 aliphatic heterocycles. The van der Waals surface area contributed by atoms with Crippen molar-refractivity contribution < 1.29 is 17.9 Å². The van der Waals surface area contributed by atoms with Crippen LogP contribution >= 0.6 is 0 Å². The van der Waals surface area contributed by atoms with Crippen LogP contribution in [0, 0.1) is 13.8 Å². The maximum Gasteiger partial charge on any atom is 0.251 e. The number of carbonyl (C=O) groups excluding carboxylic acids is 1. The Hall–Kier alpha value is -2.42. The Bertz CT molecular complexity index is 1030. The van der Waals surface area contributed by atoms with Crippen molar-refractivity contribution in [1.82, 2.24) is 14.5 Å². The molecule has 1 heterocycles. The smallest absolute Gasteiger partial charge is 0.251 e. The summed E-state index contributed by atoms with van der Waals surface area (Å²) < 4.78 is 33.4. The normalized spacial score (nSPS) is 16.6. The lowest BCUT2D eigenvalue weighted by atomic mass is 10.1. The highest BCUT2D eigenvalue weighted by Crippen LogP contribution is 2.21. The molecule has 1 aliphatic rings. The zero-order valence-electron chi connectivity index (χ0n) is 18.6. The molecule has 1 amide bonds. The Morgan fingerprint density at radius 1 is 1.06 bits per heavy atom. The molecule has 168 valence electrons. The van der Waals surface area contributed by atoms with E-state index in [4.69, 9.17) is 4.74 Å². The van der Waals surface area contributed by atoms with Gasteiger partial charge in [-0.3, -0.25) is 4.79 Å². The Labute approximate surface area is 185 Å². The van der Waals surface area contributed by atoms with Crippen LogP contribution in [-0.4, -0.2) is 69.4 Å². The van der Waals surface area contributed by atoms with E-state index in [1.54, 1.807) is 19.1 Å². The predicted octanol–water partition coefficient (Wildman–Crippen LogP) is 2.44. The summed E-state index contributed by atoms with van der Waals surface area (Å²) in [5, 5.41) is 2.91. The van der Waals surface area contributed by atoms with E-state index in [-0.39, 0.29) is 16.8 Å². The average molecular weight is 446 g/mol. The molecule has 0 unspecified atom stereocenters. The molecular formula is C23H31N3O4S. The first-order valence-electron chi connectivity index (χ1n) is 10.5. The fraction of sp³-hybridized carbons (Fsp3) is 0.435. The van der Waals surface area contributed by atoms with Gasteiger partial charge in [0.05, 0.1) is 10.9 Å². The largest absolute Gasteiger partial charge is 0.491 e. The Balaban J connectivity index is 1.69. The minimum absolute atomic E-state index is 0.150. The van der Waals surface area contributed by atoms with E-state index in [0.29, 0.717) is 38.3 Å². The molecule has 2 aromatic carbocycles. The van der Waals surface area contributed by atoms with E-state index in [9.17, 15) is 13.2 Å². The summed E-state index contributed by atoms with van der Waals surface area (Å²) in [5.41, 5.74) is 2.11. The van der Waals surface area contributed by atoms with Crippen molar-refractivity contribution in [3.63, 3.8) is 0 Å². The van der Waals surface area contributed by atoms with E-state index in [2.05, 4.69) is 10.2 Å². The number of benzene rings is 2. The Kier molecular flexibility index (Phi) is 7.35. The third-order valence-electron chi connectivity index (χ3n) is 5.51. The third kappa shape index (κ3) is 5.64. The van der Waals surface area contributed by atoms with Crippen LogP contribution in [0.5, 0.6) is 5.75 Å². The van der Waals surface area contributed by atoms with Gasteiger partial charge in [-0.15, -0.1) is 0 Å². The number of nitrogens with zero attached hydrogens (tertiary/aromatic N) is 2. The Morgan fingerprint density at radius 2 is 1.74 bits per heavy atom. The van der Waals surface area contributed by atoms with Crippen molar-refractivity contribution in [3.05, 3.63) is 59.2 Å². The minimum atomic E-state index is -3.64. The molecule has 0 aromatic heterocycles. The van der Waals surface area contributed by atoms with E-state index < -0.39 is 10.0 Å². The molecule has 31 heavy (non-hydrogen) atoms. The molecule has 7 nitrogen and oxygen atoms in total. The second-order valence-corrected chi connectivity index (χ2v) is 10.1. The van der Waals surface area contributed by atoms with Crippen molar-refractivity contribution in [2.45, 2.75) is 31.7 Å².